The number of imidazole rings is 1. The zero-order valence-corrected chi connectivity index (χ0v) is 19.8. The first-order chi connectivity index (χ1) is 17.6. The zero-order chi connectivity index (χ0) is 24.6. The third-order valence-corrected chi connectivity index (χ3v) is 6.76. The molecule has 4 heterocycles. The quantitative estimate of drug-likeness (QED) is 0.403. The molecule has 3 aromatic heterocycles. The number of nitrogens with zero attached hydrogens (tertiary/aromatic N) is 4. The first kappa shape index (κ1) is 22.0. The molecule has 0 atom stereocenters. The second-order valence-corrected chi connectivity index (χ2v) is 8.84. The average Bonchev–Trinajstić information content (AvgIpc) is 3.66. The number of ether oxygens (including phenoxy) is 1. The number of furan rings is 1. The predicted molar refractivity (Wildman–Crippen MR) is 135 cm³/mol. The number of amides is 1. The number of benzene rings is 2. The second kappa shape index (κ2) is 8.92. The van der Waals surface area contributed by atoms with Gasteiger partial charge in [0.2, 0.25) is 0 Å². The van der Waals surface area contributed by atoms with Crippen LogP contribution in [0.1, 0.15) is 29.4 Å². The zero-order valence-electron chi connectivity index (χ0n) is 19.8. The van der Waals surface area contributed by atoms with Crippen LogP contribution in [0.3, 0.4) is 0 Å². The number of hydrogen-bond donors (Lipinski definition) is 1. The number of likely N-dealkylation sites (tertiary alicyclic amines) is 1. The molecule has 2 aromatic carbocycles. The summed E-state index contributed by atoms with van der Waals surface area (Å²) in [5.41, 5.74) is 3.40. The van der Waals surface area contributed by atoms with Gasteiger partial charge in [-0.3, -0.25) is 9.36 Å². The fourth-order valence-electron chi connectivity index (χ4n) is 4.92. The number of carbonyl (C=O) groups is 1. The predicted octanol–water partition coefficient (Wildman–Crippen LogP) is 4.26. The van der Waals surface area contributed by atoms with E-state index < -0.39 is 0 Å². The van der Waals surface area contributed by atoms with E-state index in [0.29, 0.717) is 43.1 Å². The number of methoxy groups -OCH3 is 1. The summed E-state index contributed by atoms with van der Waals surface area (Å²) in [7, 11) is 1.61. The van der Waals surface area contributed by atoms with Gasteiger partial charge in [-0.15, -0.1) is 0 Å². The van der Waals surface area contributed by atoms with E-state index in [1.807, 2.05) is 64.1 Å². The van der Waals surface area contributed by atoms with Gasteiger partial charge in [0.15, 0.2) is 5.76 Å². The second-order valence-electron chi connectivity index (χ2n) is 8.84. The molecule has 0 radical (unpaired) electrons. The molecule has 0 unspecified atom stereocenters. The normalized spacial score (nSPS) is 14.4. The Morgan fingerprint density at radius 3 is 2.56 bits per heavy atom. The number of carbonyl (C=O) groups excluding carboxylic acids is 1. The molecule has 1 N–H and O–H groups in total. The van der Waals surface area contributed by atoms with Gasteiger partial charge in [0.1, 0.15) is 17.1 Å². The molecule has 5 aromatic rings. The summed E-state index contributed by atoms with van der Waals surface area (Å²) in [6.07, 6.45) is 2.96. The van der Waals surface area contributed by atoms with Crippen LogP contribution in [0, 0.1) is 0 Å². The molecule has 1 amide bonds. The number of aromatic nitrogens is 4. The van der Waals surface area contributed by atoms with Crippen molar-refractivity contribution >= 4 is 16.9 Å². The van der Waals surface area contributed by atoms with E-state index in [9.17, 15) is 9.59 Å². The van der Waals surface area contributed by atoms with Crippen molar-refractivity contribution in [1.82, 2.24) is 24.2 Å². The van der Waals surface area contributed by atoms with Crippen molar-refractivity contribution < 1.29 is 13.9 Å². The fourth-order valence-corrected chi connectivity index (χ4v) is 4.92. The van der Waals surface area contributed by atoms with Crippen LogP contribution in [0.2, 0.25) is 0 Å². The molecule has 0 saturated carbocycles. The monoisotopic (exact) mass is 483 g/mol. The SMILES string of the molecule is COc1ccc(-n2nc(-c3ccco3)cc2C(=O)N2CCC(n3c(=O)[nH]c4ccccc43)CC2)cc1. The molecule has 182 valence electrons. The summed E-state index contributed by atoms with van der Waals surface area (Å²) in [5, 5.41) is 4.68. The summed E-state index contributed by atoms with van der Waals surface area (Å²) < 4.78 is 14.3. The van der Waals surface area contributed by atoms with Crippen molar-refractivity contribution in [3.8, 4) is 22.9 Å². The highest BCUT2D eigenvalue weighted by Gasteiger charge is 2.29. The molecule has 9 nitrogen and oxygen atoms in total. The number of hydrogen-bond acceptors (Lipinski definition) is 5. The molecule has 0 bridgehead atoms. The van der Waals surface area contributed by atoms with Crippen LogP contribution in [-0.4, -0.2) is 50.3 Å². The van der Waals surface area contributed by atoms with Crippen molar-refractivity contribution in [2.75, 3.05) is 20.2 Å². The van der Waals surface area contributed by atoms with E-state index in [4.69, 9.17) is 9.15 Å². The van der Waals surface area contributed by atoms with Crippen molar-refractivity contribution in [3.05, 3.63) is 89.2 Å². The van der Waals surface area contributed by atoms with Gasteiger partial charge in [0.05, 0.1) is 30.1 Å². The Morgan fingerprint density at radius 2 is 1.83 bits per heavy atom. The molecule has 36 heavy (non-hydrogen) atoms. The third kappa shape index (κ3) is 3.78. The molecule has 6 rings (SSSR count). The summed E-state index contributed by atoms with van der Waals surface area (Å²) in [6, 6.07) is 20.5. The Balaban J connectivity index is 1.28. The maximum atomic E-state index is 13.7. The Hall–Kier alpha value is -4.53. The van der Waals surface area contributed by atoms with Crippen molar-refractivity contribution in [2.24, 2.45) is 0 Å². The van der Waals surface area contributed by atoms with E-state index in [1.54, 1.807) is 30.2 Å². The number of para-hydroxylation sites is 2. The van der Waals surface area contributed by atoms with Crippen molar-refractivity contribution in [2.45, 2.75) is 18.9 Å². The van der Waals surface area contributed by atoms with Gasteiger partial charge in [-0.1, -0.05) is 12.1 Å². The van der Waals surface area contributed by atoms with Crippen molar-refractivity contribution in [1.29, 1.82) is 0 Å². The minimum absolute atomic E-state index is 0.0304. The van der Waals surface area contributed by atoms with Gasteiger partial charge in [-0.05, 0) is 61.4 Å². The van der Waals surface area contributed by atoms with Crippen LogP contribution < -0.4 is 10.4 Å². The average molecular weight is 484 g/mol. The van der Waals surface area contributed by atoms with Gasteiger partial charge >= 0.3 is 5.69 Å². The molecule has 9 heteroatoms. The van der Waals surface area contributed by atoms with E-state index in [0.717, 1.165) is 22.5 Å². The van der Waals surface area contributed by atoms with Crippen LogP contribution in [0.4, 0.5) is 0 Å². The van der Waals surface area contributed by atoms with E-state index in [2.05, 4.69) is 10.1 Å². The Labute approximate surface area is 206 Å². The first-order valence-corrected chi connectivity index (χ1v) is 11.9. The number of fused-ring (bicyclic) bond motifs is 1. The maximum Gasteiger partial charge on any atom is 0.326 e. The number of aromatic amines is 1. The Kier molecular flexibility index (Phi) is 5.44. The minimum atomic E-state index is -0.110. The van der Waals surface area contributed by atoms with E-state index in [1.165, 1.54) is 0 Å². The lowest BCUT2D eigenvalue weighted by Gasteiger charge is -2.32. The van der Waals surface area contributed by atoms with Crippen molar-refractivity contribution in [3.63, 3.8) is 0 Å². The van der Waals surface area contributed by atoms with Gasteiger partial charge in [-0.2, -0.15) is 5.10 Å². The summed E-state index contributed by atoms with van der Waals surface area (Å²) >= 11 is 0. The fraction of sp³-hybridized carbons (Fsp3) is 0.222. The van der Waals surface area contributed by atoms with Crippen LogP contribution in [-0.2, 0) is 0 Å². The largest absolute Gasteiger partial charge is 0.497 e. The van der Waals surface area contributed by atoms with E-state index in [-0.39, 0.29) is 17.6 Å². The molecule has 1 aliphatic heterocycles. The third-order valence-electron chi connectivity index (χ3n) is 6.76. The number of nitrogens with one attached hydrogen (secondary N) is 1. The molecule has 0 spiro atoms. The summed E-state index contributed by atoms with van der Waals surface area (Å²) in [4.78, 5) is 31.1. The highest BCUT2D eigenvalue weighted by atomic mass is 16.5. The molecule has 1 saturated heterocycles. The lowest BCUT2D eigenvalue weighted by atomic mass is 10.0. The van der Waals surface area contributed by atoms with Gasteiger partial charge in [-0.25, -0.2) is 9.48 Å². The maximum absolute atomic E-state index is 13.7. The number of rotatable bonds is 5. The molecular weight excluding hydrogens is 458 g/mol. The van der Waals surface area contributed by atoms with Gasteiger partial charge in [0, 0.05) is 25.2 Å². The number of piperidine rings is 1. The van der Waals surface area contributed by atoms with Crippen LogP contribution >= 0.6 is 0 Å². The summed E-state index contributed by atoms with van der Waals surface area (Å²) in [6.45, 7) is 1.08. The molecule has 1 aliphatic rings. The lowest BCUT2D eigenvalue weighted by molar-refractivity contribution is 0.0685. The standard InChI is InChI=1S/C27H25N5O4/c1-35-20-10-8-19(9-11-20)32-24(17-22(29-32)25-7-4-16-36-25)26(33)30-14-12-18(13-15-30)31-23-6-3-2-5-21(23)28-27(31)34/h2-11,16-18H,12-15H2,1H3,(H,28,34). The van der Waals surface area contributed by atoms with E-state index >= 15 is 0 Å². The molecule has 1 fully saturated rings. The highest BCUT2D eigenvalue weighted by Crippen LogP contribution is 2.28. The Bertz CT molecular complexity index is 1570. The molecule has 0 aliphatic carbocycles. The van der Waals surface area contributed by atoms with Crippen LogP contribution in [0.15, 0.2) is 82.2 Å². The van der Waals surface area contributed by atoms with Gasteiger partial charge < -0.3 is 19.0 Å². The smallest absolute Gasteiger partial charge is 0.326 e. The first-order valence-electron chi connectivity index (χ1n) is 11.9. The number of H-pyrrole nitrogens is 1. The minimum Gasteiger partial charge on any atom is -0.497 e. The van der Waals surface area contributed by atoms with Crippen LogP contribution in [0.25, 0.3) is 28.2 Å². The lowest BCUT2D eigenvalue weighted by Crippen LogP contribution is -2.41. The topological polar surface area (TPSA) is 98.3 Å². The van der Waals surface area contributed by atoms with Crippen LogP contribution in [0.5, 0.6) is 5.75 Å². The summed E-state index contributed by atoms with van der Waals surface area (Å²) in [5.74, 6) is 1.20. The Morgan fingerprint density at radius 1 is 1.06 bits per heavy atom. The van der Waals surface area contributed by atoms with Gasteiger partial charge in [0.25, 0.3) is 5.91 Å². The molecular formula is C27H25N5O4. The highest BCUT2D eigenvalue weighted by molar-refractivity contribution is 5.94.